The van der Waals surface area contributed by atoms with E-state index in [0.717, 1.165) is 18.8 Å². The van der Waals surface area contributed by atoms with E-state index in [1.807, 2.05) is 12.1 Å². The molecule has 0 amide bonds. The van der Waals surface area contributed by atoms with Gasteiger partial charge in [-0.25, -0.2) is 0 Å². The summed E-state index contributed by atoms with van der Waals surface area (Å²) >= 11 is 0. The number of hydrogen-bond donors (Lipinski definition) is 2. The lowest BCUT2D eigenvalue weighted by atomic mass is 10.0. The number of benzene rings is 1. The molecule has 3 N–H and O–H groups in total. The van der Waals surface area contributed by atoms with Crippen LogP contribution in [0.4, 0.5) is 0 Å². The number of hydrogen-bond acceptors (Lipinski definition) is 4. The highest BCUT2D eigenvalue weighted by Gasteiger charge is 2.22. The Balaban J connectivity index is 2.05. The van der Waals surface area contributed by atoms with E-state index in [1.54, 1.807) is 14.2 Å². The summed E-state index contributed by atoms with van der Waals surface area (Å²) in [4.78, 5) is 7.06. The number of nitrogens with two attached hydrogens (primary N) is 1. The minimum Gasteiger partial charge on any atom is -0.497 e. The molecular weight excluding hydrogens is 304 g/mol. The van der Waals surface area contributed by atoms with Crippen molar-refractivity contribution in [1.82, 2.24) is 10.2 Å². The van der Waals surface area contributed by atoms with E-state index in [9.17, 15) is 0 Å². The Hall–Kier alpha value is -1.79. The summed E-state index contributed by atoms with van der Waals surface area (Å²) in [6, 6.07) is 8.52. The SMILES string of the molecule is COCCNC(N)=NCC(c1ccc(OC)cc1)N1CCCCC1. The van der Waals surface area contributed by atoms with Gasteiger partial charge in [-0.2, -0.15) is 0 Å². The third-order valence-electron chi connectivity index (χ3n) is 4.38. The van der Waals surface area contributed by atoms with Crippen molar-refractivity contribution in [3.63, 3.8) is 0 Å². The Morgan fingerprint density at radius 1 is 1.21 bits per heavy atom. The lowest BCUT2D eigenvalue weighted by Crippen LogP contribution is -2.37. The van der Waals surface area contributed by atoms with Crippen LogP contribution < -0.4 is 15.8 Å². The molecule has 1 aromatic carbocycles. The first kappa shape index (κ1) is 18.5. The number of ether oxygens (including phenoxy) is 2. The van der Waals surface area contributed by atoms with Gasteiger partial charge in [-0.15, -0.1) is 0 Å². The zero-order valence-corrected chi connectivity index (χ0v) is 14.8. The second-order valence-corrected chi connectivity index (χ2v) is 6.03. The van der Waals surface area contributed by atoms with E-state index < -0.39 is 0 Å². The van der Waals surface area contributed by atoms with E-state index in [1.165, 1.54) is 24.8 Å². The van der Waals surface area contributed by atoms with E-state index in [4.69, 9.17) is 15.2 Å². The summed E-state index contributed by atoms with van der Waals surface area (Å²) in [5, 5.41) is 3.08. The van der Waals surface area contributed by atoms with Gasteiger partial charge in [0.15, 0.2) is 5.96 Å². The van der Waals surface area contributed by atoms with Gasteiger partial charge < -0.3 is 20.5 Å². The number of aliphatic imine (C=N–C) groups is 1. The number of rotatable bonds is 8. The summed E-state index contributed by atoms with van der Waals surface area (Å²) in [5.74, 6) is 1.35. The molecular formula is C18H30N4O2. The number of piperidine rings is 1. The number of nitrogens with one attached hydrogen (secondary N) is 1. The normalized spacial score (nSPS) is 17.5. The summed E-state index contributed by atoms with van der Waals surface area (Å²) in [5.41, 5.74) is 7.22. The number of likely N-dealkylation sites (tertiary alicyclic amines) is 1. The van der Waals surface area contributed by atoms with Crippen LogP contribution in [0, 0.1) is 0 Å². The van der Waals surface area contributed by atoms with Crippen LogP contribution in [0.2, 0.25) is 0 Å². The third kappa shape index (κ3) is 5.69. The zero-order valence-electron chi connectivity index (χ0n) is 14.8. The lowest BCUT2D eigenvalue weighted by molar-refractivity contribution is 0.167. The van der Waals surface area contributed by atoms with Gasteiger partial charge in [0.2, 0.25) is 0 Å². The lowest BCUT2D eigenvalue weighted by Gasteiger charge is -2.34. The van der Waals surface area contributed by atoms with E-state index in [-0.39, 0.29) is 6.04 Å². The molecule has 2 rings (SSSR count). The molecule has 134 valence electrons. The van der Waals surface area contributed by atoms with Crippen LogP contribution in [-0.2, 0) is 4.74 Å². The number of methoxy groups -OCH3 is 2. The molecule has 1 aromatic rings. The topological polar surface area (TPSA) is 72.1 Å². The van der Waals surface area contributed by atoms with Gasteiger partial charge in [0.1, 0.15) is 5.75 Å². The van der Waals surface area contributed by atoms with E-state index in [0.29, 0.717) is 25.7 Å². The minimum atomic E-state index is 0.249. The van der Waals surface area contributed by atoms with Gasteiger partial charge in [-0.05, 0) is 43.6 Å². The fraction of sp³-hybridized carbons (Fsp3) is 0.611. The van der Waals surface area contributed by atoms with Crippen molar-refractivity contribution in [2.24, 2.45) is 10.7 Å². The summed E-state index contributed by atoms with van der Waals surface area (Å²) < 4.78 is 10.3. The van der Waals surface area contributed by atoms with Crippen LogP contribution >= 0.6 is 0 Å². The van der Waals surface area contributed by atoms with Crippen LogP contribution in [0.15, 0.2) is 29.3 Å². The molecule has 1 unspecified atom stereocenters. The zero-order chi connectivity index (χ0) is 17.2. The summed E-state index contributed by atoms with van der Waals surface area (Å²) in [7, 11) is 3.36. The first-order valence-corrected chi connectivity index (χ1v) is 8.65. The predicted molar refractivity (Wildman–Crippen MR) is 97.5 cm³/mol. The Morgan fingerprint density at radius 2 is 1.92 bits per heavy atom. The molecule has 1 fully saturated rings. The maximum absolute atomic E-state index is 5.96. The van der Waals surface area contributed by atoms with Crippen LogP contribution in [0.3, 0.4) is 0 Å². The van der Waals surface area contributed by atoms with Gasteiger partial charge in [0, 0.05) is 13.7 Å². The van der Waals surface area contributed by atoms with Crippen molar-refractivity contribution in [3.8, 4) is 5.75 Å². The molecule has 0 aliphatic carbocycles. The maximum Gasteiger partial charge on any atom is 0.188 e. The van der Waals surface area contributed by atoms with Gasteiger partial charge in [-0.1, -0.05) is 18.6 Å². The molecule has 0 spiro atoms. The molecule has 24 heavy (non-hydrogen) atoms. The molecule has 0 bridgehead atoms. The van der Waals surface area contributed by atoms with Crippen molar-refractivity contribution in [1.29, 1.82) is 0 Å². The van der Waals surface area contributed by atoms with Crippen molar-refractivity contribution >= 4 is 5.96 Å². The Kier molecular flexibility index (Phi) is 7.85. The van der Waals surface area contributed by atoms with Crippen LogP contribution in [-0.4, -0.2) is 57.9 Å². The standard InChI is InChI=1S/C18H30N4O2/c1-23-13-10-20-18(19)21-14-17(22-11-4-3-5-12-22)15-6-8-16(24-2)9-7-15/h6-9,17H,3-5,10-14H2,1-2H3,(H3,19,20,21). The fourth-order valence-corrected chi connectivity index (χ4v) is 3.01. The molecule has 1 saturated heterocycles. The highest BCUT2D eigenvalue weighted by atomic mass is 16.5. The summed E-state index contributed by atoms with van der Waals surface area (Å²) in [6.07, 6.45) is 3.81. The Morgan fingerprint density at radius 3 is 2.54 bits per heavy atom. The highest BCUT2D eigenvalue weighted by molar-refractivity contribution is 5.77. The maximum atomic E-state index is 5.96. The van der Waals surface area contributed by atoms with Gasteiger partial charge in [-0.3, -0.25) is 9.89 Å². The second kappa shape index (κ2) is 10.2. The van der Waals surface area contributed by atoms with Crippen molar-refractivity contribution < 1.29 is 9.47 Å². The predicted octanol–water partition coefficient (Wildman–Crippen LogP) is 1.77. The summed E-state index contributed by atoms with van der Waals surface area (Å²) in [6.45, 7) is 4.16. The molecule has 1 aliphatic heterocycles. The van der Waals surface area contributed by atoms with Gasteiger partial charge in [0.05, 0.1) is 26.3 Å². The van der Waals surface area contributed by atoms with Gasteiger partial charge >= 0.3 is 0 Å². The molecule has 6 heteroatoms. The second-order valence-electron chi connectivity index (χ2n) is 6.03. The van der Waals surface area contributed by atoms with Crippen molar-refractivity contribution in [3.05, 3.63) is 29.8 Å². The van der Waals surface area contributed by atoms with Crippen LogP contribution in [0.1, 0.15) is 30.9 Å². The first-order valence-electron chi connectivity index (χ1n) is 8.65. The molecule has 0 radical (unpaired) electrons. The average molecular weight is 334 g/mol. The quantitative estimate of drug-likeness (QED) is 0.431. The van der Waals surface area contributed by atoms with Gasteiger partial charge in [0.25, 0.3) is 0 Å². The van der Waals surface area contributed by atoms with Crippen LogP contribution in [0.25, 0.3) is 0 Å². The molecule has 1 heterocycles. The molecule has 0 aromatic heterocycles. The minimum absolute atomic E-state index is 0.249. The van der Waals surface area contributed by atoms with Crippen LogP contribution in [0.5, 0.6) is 5.75 Å². The highest BCUT2D eigenvalue weighted by Crippen LogP contribution is 2.26. The largest absolute Gasteiger partial charge is 0.497 e. The Labute approximate surface area is 145 Å². The Bertz CT molecular complexity index is 498. The third-order valence-corrected chi connectivity index (χ3v) is 4.38. The van der Waals surface area contributed by atoms with E-state index in [2.05, 4.69) is 27.3 Å². The average Bonchev–Trinajstić information content (AvgIpc) is 2.63. The molecule has 1 atom stereocenters. The fourth-order valence-electron chi connectivity index (χ4n) is 3.01. The first-order chi connectivity index (χ1) is 11.7. The monoisotopic (exact) mass is 334 g/mol. The smallest absolute Gasteiger partial charge is 0.188 e. The van der Waals surface area contributed by atoms with E-state index >= 15 is 0 Å². The number of guanidine groups is 1. The van der Waals surface area contributed by atoms with Crippen molar-refractivity contribution in [2.45, 2.75) is 25.3 Å². The molecule has 1 aliphatic rings. The molecule has 0 saturated carbocycles. The van der Waals surface area contributed by atoms with Crippen molar-refractivity contribution in [2.75, 3.05) is 47.0 Å². The number of nitrogens with zero attached hydrogens (tertiary/aromatic N) is 2. The molecule has 6 nitrogen and oxygen atoms in total.